The van der Waals surface area contributed by atoms with Crippen molar-refractivity contribution in [3.63, 3.8) is 0 Å². The first-order valence-corrected chi connectivity index (χ1v) is 11.3. The van der Waals surface area contributed by atoms with Crippen molar-refractivity contribution >= 4 is 58.2 Å². The highest BCUT2D eigenvalue weighted by molar-refractivity contribution is 7.99. The Hall–Kier alpha value is -2.19. The molecule has 3 aromatic rings. The minimum absolute atomic E-state index is 0.120. The zero-order valence-corrected chi connectivity index (χ0v) is 19.7. The van der Waals surface area contributed by atoms with Gasteiger partial charge < -0.3 is 10.1 Å². The van der Waals surface area contributed by atoms with E-state index in [0.717, 1.165) is 5.56 Å². The highest BCUT2D eigenvalue weighted by Gasteiger charge is 2.15. The molecule has 1 N–H and O–H groups in total. The first-order valence-electron chi connectivity index (χ1n) is 9.17. The van der Waals surface area contributed by atoms with Gasteiger partial charge in [-0.25, -0.2) is 0 Å². The molecule has 31 heavy (non-hydrogen) atoms. The summed E-state index contributed by atoms with van der Waals surface area (Å²) in [6.07, 6.45) is 1.73. The van der Waals surface area contributed by atoms with Crippen molar-refractivity contribution < 1.29 is 9.53 Å². The van der Waals surface area contributed by atoms with E-state index in [1.54, 1.807) is 36.4 Å². The maximum atomic E-state index is 12.3. The number of ether oxygens (including phenoxy) is 1. The van der Waals surface area contributed by atoms with Gasteiger partial charge in [-0.05, 0) is 48.9 Å². The predicted molar refractivity (Wildman–Crippen MR) is 127 cm³/mol. The highest BCUT2D eigenvalue weighted by Crippen LogP contribution is 2.26. The number of allylic oxidation sites excluding steroid dienone is 1. The molecule has 0 unspecified atom stereocenters. The van der Waals surface area contributed by atoms with E-state index >= 15 is 0 Å². The second-order valence-corrected chi connectivity index (χ2v) is 8.65. The molecular weight excluding hydrogens is 479 g/mol. The molecule has 0 fully saturated rings. The maximum absolute atomic E-state index is 12.3. The Kier molecular flexibility index (Phi) is 8.26. The molecule has 0 aliphatic heterocycles. The van der Waals surface area contributed by atoms with Crippen LogP contribution in [-0.2, 0) is 17.9 Å². The number of carbonyl (C=O) groups is 1. The Bertz CT molecular complexity index is 1100. The lowest BCUT2D eigenvalue weighted by Gasteiger charge is -2.10. The lowest BCUT2D eigenvalue weighted by molar-refractivity contribution is -0.113. The van der Waals surface area contributed by atoms with Crippen LogP contribution in [0.25, 0.3) is 0 Å². The molecule has 162 valence electrons. The van der Waals surface area contributed by atoms with Gasteiger partial charge in [0.2, 0.25) is 5.91 Å². The van der Waals surface area contributed by atoms with Gasteiger partial charge in [0, 0.05) is 16.6 Å². The van der Waals surface area contributed by atoms with Crippen LogP contribution in [-0.4, -0.2) is 26.4 Å². The number of hydrogen-bond acceptors (Lipinski definition) is 5. The number of amides is 1. The number of thioether (sulfide) groups is 1. The Morgan fingerprint density at radius 1 is 1.19 bits per heavy atom. The number of nitrogens with zero attached hydrogens (tertiary/aromatic N) is 3. The van der Waals surface area contributed by atoms with Crippen LogP contribution in [0.4, 0.5) is 5.69 Å². The van der Waals surface area contributed by atoms with Crippen LogP contribution < -0.4 is 10.1 Å². The monoisotopic (exact) mass is 496 g/mol. The minimum Gasteiger partial charge on any atom is -0.486 e. The summed E-state index contributed by atoms with van der Waals surface area (Å²) < 4.78 is 7.67. The summed E-state index contributed by atoms with van der Waals surface area (Å²) in [6, 6.07) is 10.3. The smallest absolute Gasteiger partial charge is 0.234 e. The molecule has 0 radical (unpaired) electrons. The van der Waals surface area contributed by atoms with Crippen LogP contribution in [0.15, 0.2) is 54.2 Å². The number of aromatic nitrogens is 3. The average molecular weight is 498 g/mol. The molecule has 1 heterocycles. The molecule has 0 aliphatic rings. The van der Waals surface area contributed by atoms with Gasteiger partial charge in [0.25, 0.3) is 0 Å². The third-order valence-corrected chi connectivity index (χ3v) is 6.09. The quantitative estimate of drug-likeness (QED) is 0.288. The second-order valence-electron chi connectivity index (χ2n) is 6.46. The molecule has 0 aliphatic carbocycles. The molecule has 10 heteroatoms. The minimum atomic E-state index is -0.239. The van der Waals surface area contributed by atoms with Crippen molar-refractivity contribution in [1.82, 2.24) is 14.8 Å². The number of aryl methyl sites for hydroxylation is 1. The maximum Gasteiger partial charge on any atom is 0.234 e. The lowest BCUT2D eigenvalue weighted by atomic mass is 10.2. The molecule has 3 rings (SSSR count). The van der Waals surface area contributed by atoms with Crippen molar-refractivity contribution in [2.45, 2.75) is 25.2 Å². The van der Waals surface area contributed by atoms with E-state index in [-0.39, 0.29) is 18.3 Å². The van der Waals surface area contributed by atoms with Crippen LogP contribution >= 0.6 is 46.6 Å². The second kappa shape index (κ2) is 10.9. The Labute approximate surface area is 199 Å². The zero-order chi connectivity index (χ0) is 22.4. The highest BCUT2D eigenvalue weighted by atomic mass is 35.5. The fourth-order valence-corrected chi connectivity index (χ4v) is 3.83. The third kappa shape index (κ3) is 6.40. The van der Waals surface area contributed by atoms with Crippen LogP contribution in [0.2, 0.25) is 15.1 Å². The number of nitrogens with one attached hydrogen (secondary N) is 1. The summed E-state index contributed by atoms with van der Waals surface area (Å²) in [4.78, 5) is 12.3. The van der Waals surface area contributed by atoms with Gasteiger partial charge in [0.1, 0.15) is 12.4 Å². The van der Waals surface area contributed by atoms with E-state index in [2.05, 4.69) is 22.1 Å². The molecule has 0 saturated heterocycles. The fraction of sp³-hybridized carbons (Fsp3) is 0.190. The lowest BCUT2D eigenvalue weighted by Crippen LogP contribution is -2.15. The normalized spacial score (nSPS) is 10.7. The van der Waals surface area contributed by atoms with Gasteiger partial charge in [-0.3, -0.25) is 9.36 Å². The fourth-order valence-electron chi connectivity index (χ4n) is 2.61. The molecule has 0 spiro atoms. The number of rotatable bonds is 9. The number of benzene rings is 2. The number of anilines is 1. The van der Waals surface area contributed by atoms with Crippen molar-refractivity contribution in [2.24, 2.45) is 0 Å². The summed E-state index contributed by atoms with van der Waals surface area (Å²) in [7, 11) is 0. The third-order valence-electron chi connectivity index (χ3n) is 4.14. The Morgan fingerprint density at radius 2 is 1.97 bits per heavy atom. The van der Waals surface area contributed by atoms with E-state index in [1.165, 1.54) is 11.8 Å². The first-order chi connectivity index (χ1) is 14.9. The molecule has 0 saturated carbocycles. The number of halogens is 3. The van der Waals surface area contributed by atoms with Crippen LogP contribution in [0.5, 0.6) is 5.75 Å². The average Bonchev–Trinajstić information content (AvgIpc) is 3.12. The van der Waals surface area contributed by atoms with Crippen molar-refractivity contribution in [1.29, 1.82) is 0 Å². The standard InChI is InChI=1S/C21H19Cl3N4O2S/c1-3-8-28-19(11-30-15-5-7-16(23)13(2)9-15)26-27-21(28)31-12-20(29)25-18-10-14(22)4-6-17(18)24/h3-7,9-10H,1,8,11-12H2,2H3,(H,25,29). The van der Waals surface area contributed by atoms with Crippen molar-refractivity contribution in [3.05, 3.63) is 75.5 Å². The van der Waals surface area contributed by atoms with Gasteiger partial charge in [0.15, 0.2) is 11.0 Å². The van der Waals surface area contributed by atoms with E-state index in [1.807, 2.05) is 17.6 Å². The topological polar surface area (TPSA) is 69.0 Å². The van der Waals surface area contributed by atoms with Gasteiger partial charge in [0.05, 0.1) is 16.5 Å². The van der Waals surface area contributed by atoms with Crippen molar-refractivity contribution in [3.8, 4) is 5.75 Å². The van der Waals surface area contributed by atoms with E-state index in [0.29, 0.717) is 44.0 Å². The summed E-state index contributed by atoms with van der Waals surface area (Å²) in [6.45, 7) is 6.38. The Balaban J connectivity index is 1.64. The van der Waals surface area contributed by atoms with E-state index < -0.39 is 0 Å². The van der Waals surface area contributed by atoms with E-state index in [9.17, 15) is 4.79 Å². The zero-order valence-electron chi connectivity index (χ0n) is 16.6. The molecule has 1 amide bonds. The number of carbonyl (C=O) groups excluding carboxylic acids is 1. The summed E-state index contributed by atoms with van der Waals surface area (Å²) >= 11 is 19.4. The van der Waals surface area contributed by atoms with Gasteiger partial charge in [-0.1, -0.05) is 52.6 Å². The van der Waals surface area contributed by atoms with Crippen molar-refractivity contribution in [2.75, 3.05) is 11.1 Å². The summed E-state index contributed by atoms with van der Waals surface area (Å²) in [5.74, 6) is 1.18. The molecule has 2 aromatic carbocycles. The van der Waals surface area contributed by atoms with Gasteiger partial charge in [-0.2, -0.15) is 0 Å². The predicted octanol–water partition coefficient (Wildman–Crippen LogP) is 6.04. The first kappa shape index (κ1) is 23.5. The molecule has 0 bridgehead atoms. The molecule has 0 atom stereocenters. The molecule has 1 aromatic heterocycles. The van der Waals surface area contributed by atoms with E-state index in [4.69, 9.17) is 39.5 Å². The molecular formula is C21H19Cl3N4O2S. The number of hydrogen-bond donors (Lipinski definition) is 1. The van der Waals surface area contributed by atoms with Gasteiger partial charge in [-0.15, -0.1) is 16.8 Å². The van der Waals surface area contributed by atoms with Crippen LogP contribution in [0.1, 0.15) is 11.4 Å². The summed E-state index contributed by atoms with van der Waals surface area (Å²) in [5, 5.41) is 13.3. The largest absolute Gasteiger partial charge is 0.486 e. The Morgan fingerprint density at radius 3 is 2.71 bits per heavy atom. The van der Waals surface area contributed by atoms with Crippen LogP contribution in [0.3, 0.4) is 0 Å². The molecule has 6 nitrogen and oxygen atoms in total. The van der Waals surface area contributed by atoms with Crippen LogP contribution in [0, 0.1) is 6.92 Å². The van der Waals surface area contributed by atoms with Gasteiger partial charge >= 0.3 is 0 Å². The summed E-state index contributed by atoms with van der Waals surface area (Å²) in [5.41, 5.74) is 1.38. The SMILES string of the molecule is C=CCn1c(COc2ccc(Cl)c(C)c2)nnc1SCC(=O)Nc1cc(Cl)ccc1Cl.